The van der Waals surface area contributed by atoms with Crippen LogP contribution in [0.5, 0.6) is 0 Å². The van der Waals surface area contributed by atoms with Gasteiger partial charge in [0, 0.05) is 94.1 Å². The van der Waals surface area contributed by atoms with Gasteiger partial charge < -0.3 is 0 Å². The summed E-state index contributed by atoms with van der Waals surface area (Å²) in [7, 11) is 0. The van der Waals surface area contributed by atoms with E-state index >= 15 is 0 Å². The van der Waals surface area contributed by atoms with Crippen LogP contribution >= 0.6 is 0 Å². The van der Waals surface area contributed by atoms with E-state index in [0.29, 0.717) is 90.1 Å². The van der Waals surface area contributed by atoms with Gasteiger partial charge in [0.15, 0.2) is 0 Å². The van der Waals surface area contributed by atoms with Gasteiger partial charge in [-0.2, -0.15) is 0 Å². The van der Waals surface area contributed by atoms with Crippen molar-refractivity contribution in [1.29, 1.82) is 0 Å². The fourth-order valence-corrected chi connectivity index (χ4v) is 6.86. The highest BCUT2D eigenvalue weighted by molar-refractivity contribution is 6.11. The first-order chi connectivity index (χ1) is 28.7. The Morgan fingerprint density at radius 1 is 0.276 bits per heavy atom. The lowest BCUT2D eigenvalue weighted by molar-refractivity contribution is 1.24. The van der Waals surface area contributed by atoms with E-state index in [0.717, 1.165) is 0 Å². The van der Waals surface area contributed by atoms with E-state index < -0.39 is 0 Å². The van der Waals surface area contributed by atoms with Crippen LogP contribution in [0, 0.1) is 9.81 Å². The van der Waals surface area contributed by atoms with Crippen molar-refractivity contribution < 1.29 is 0 Å². The Kier molecular flexibility index (Phi) is 9.60. The molecule has 9 aromatic rings. The molecule has 0 spiro atoms. The molecule has 0 aliphatic rings. The lowest BCUT2D eigenvalue weighted by Crippen LogP contribution is -1.98. The topological polar surface area (TPSA) is 162 Å². The van der Waals surface area contributed by atoms with Gasteiger partial charge in [0.1, 0.15) is 11.4 Å². The summed E-state index contributed by atoms with van der Waals surface area (Å²) in [5.74, 6) is 0. The fraction of sp³-hybridized carbons (Fsp3) is 0. The first-order valence-electron chi connectivity index (χ1n) is 18.1. The average Bonchev–Trinajstić information content (AvgIpc) is 3.32. The zero-order valence-electron chi connectivity index (χ0n) is 30.5. The molecule has 9 rings (SSSR count). The van der Waals surface area contributed by atoms with E-state index in [2.05, 4.69) is 30.3 Å². The Labute approximate surface area is 331 Å². The molecule has 0 unspecified atom stereocenters. The molecular weight excluding hydrogens is 725 g/mol. The molecule has 0 bridgehead atoms. The molecule has 8 heterocycles. The maximum atomic E-state index is 13.5. The lowest BCUT2D eigenvalue weighted by atomic mass is 9.83. The zero-order valence-corrected chi connectivity index (χ0v) is 30.5. The molecule has 0 aliphatic heterocycles. The van der Waals surface area contributed by atoms with Gasteiger partial charge in [0.05, 0.1) is 45.6 Å². The molecule has 58 heavy (non-hydrogen) atoms. The van der Waals surface area contributed by atoms with Crippen molar-refractivity contribution in [2.45, 2.75) is 0 Å². The molecule has 274 valence electrons. The van der Waals surface area contributed by atoms with Gasteiger partial charge in [0.25, 0.3) is 0 Å². The SMILES string of the molecule is O=Nc1c(-c2ccc(-c3ccccn3)nc2)c(-c2ccc(-c3ccccn3)nc2)c(N=O)c(-c2ccc(-c3ccccn3)nc2)c1-c1ccc(-c2ccccn2)nc1. The molecule has 0 atom stereocenters. The molecule has 0 radical (unpaired) electrons. The number of nitroso groups, excluding NO2 is 2. The second-order valence-corrected chi connectivity index (χ2v) is 13.0. The summed E-state index contributed by atoms with van der Waals surface area (Å²) in [6.07, 6.45) is 13.3. The highest BCUT2D eigenvalue weighted by Crippen LogP contribution is 2.56. The minimum atomic E-state index is 0.0415. The van der Waals surface area contributed by atoms with E-state index in [1.54, 1.807) is 49.6 Å². The number of nitrogens with zero attached hydrogens (tertiary/aromatic N) is 10. The van der Waals surface area contributed by atoms with Gasteiger partial charge >= 0.3 is 0 Å². The molecule has 0 aliphatic carbocycles. The maximum absolute atomic E-state index is 13.5. The zero-order chi connectivity index (χ0) is 39.3. The summed E-state index contributed by atoms with van der Waals surface area (Å²) in [5.41, 5.74) is 8.62. The molecule has 0 N–H and O–H groups in total. The van der Waals surface area contributed by atoms with Crippen LogP contribution < -0.4 is 0 Å². The minimum absolute atomic E-state index is 0.0415. The molecule has 0 fully saturated rings. The number of aromatic nitrogens is 8. The van der Waals surface area contributed by atoms with Crippen LogP contribution in [0.2, 0.25) is 0 Å². The molecule has 12 nitrogen and oxygen atoms in total. The van der Waals surface area contributed by atoms with Gasteiger partial charge in [-0.1, -0.05) is 48.5 Å². The standard InChI is InChI=1S/C46H28N10O2/c57-55-45-41(29-13-17-37(51-25-29)33-9-1-5-21-47-33)42(30-14-18-38(52-26-30)34-10-2-6-22-48-34)46(56-58)44(32-16-20-40(54-28-32)36-12-4-8-24-50-36)43(45)31-15-19-39(53-27-31)35-11-3-7-23-49-35/h1-28H. The van der Waals surface area contributed by atoms with Crippen molar-refractivity contribution >= 4 is 11.4 Å². The Bertz CT molecular complexity index is 2470. The number of benzene rings is 1. The largest absolute Gasteiger partial charge is 0.255 e. The highest BCUT2D eigenvalue weighted by atomic mass is 16.3. The Balaban J connectivity index is 1.33. The predicted octanol–water partition coefficient (Wildman–Crippen LogP) is 11.0. The van der Waals surface area contributed by atoms with E-state index in [9.17, 15) is 9.81 Å². The lowest BCUT2D eigenvalue weighted by Gasteiger charge is -2.22. The first-order valence-corrected chi connectivity index (χ1v) is 18.1. The van der Waals surface area contributed by atoms with Crippen molar-refractivity contribution in [2.75, 3.05) is 0 Å². The summed E-state index contributed by atoms with van der Waals surface area (Å²) in [4.78, 5) is 63.8. The van der Waals surface area contributed by atoms with E-state index in [1.165, 1.54) is 0 Å². The molecule has 0 saturated carbocycles. The summed E-state index contributed by atoms with van der Waals surface area (Å²) >= 11 is 0. The van der Waals surface area contributed by atoms with Crippen LogP contribution in [0.25, 0.3) is 90.1 Å². The molecule has 0 saturated heterocycles. The summed E-state index contributed by atoms with van der Waals surface area (Å²) in [6.45, 7) is 0. The van der Waals surface area contributed by atoms with Crippen LogP contribution in [-0.2, 0) is 0 Å². The second-order valence-electron chi connectivity index (χ2n) is 13.0. The highest BCUT2D eigenvalue weighted by Gasteiger charge is 2.30. The smallest absolute Gasteiger partial charge is 0.125 e. The molecule has 1 aromatic carbocycles. The van der Waals surface area contributed by atoms with Crippen molar-refractivity contribution in [1.82, 2.24) is 39.9 Å². The summed E-state index contributed by atoms with van der Waals surface area (Å²) < 4.78 is 0. The minimum Gasteiger partial charge on any atom is -0.255 e. The van der Waals surface area contributed by atoms with Crippen LogP contribution in [0.15, 0.2) is 181 Å². The van der Waals surface area contributed by atoms with Crippen LogP contribution in [0.1, 0.15) is 0 Å². The van der Waals surface area contributed by atoms with Gasteiger partial charge in [-0.05, 0) is 83.2 Å². The van der Waals surface area contributed by atoms with Crippen LogP contribution in [-0.4, -0.2) is 39.9 Å². The van der Waals surface area contributed by atoms with Crippen molar-refractivity contribution in [3.63, 3.8) is 0 Å². The van der Waals surface area contributed by atoms with Crippen molar-refractivity contribution in [3.8, 4) is 90.1 Å². The Hall–Kier alpha value is -8.38. The average molecular weight is 753 g/mol. The Morgan fingerprint density at radius 3 is 0.690 bits per heavy atom. The molecule has 8 aromatic heterocycles. The predicted molar refractivity (Wildman–Crippen MR) is 223 cm³/mol. The van der Waals surface area contributed by atoms with E-state index in [4.69, 9.17) is 19.9 Å². The quantitative estimate of drug-likeness (QED) is 0.123. The van der Waals surface area contributed by atoms with Crippen molar-refractivity contribution in [2.24, 2.45) is 10.4 Å². The first kappa shape index (κ1) is 35.3. The summed E-state index contributed by atoms with van der Waals surface area (Å²) in [5, 5.41) is 7.46. The van der Waals surface area contributed by atoms with Crippen LogP contribution in [0.3, 0.4) is 0 Å². The number of pyridine rings is 8. The van der Waals surface area contributed by atoms with Gasteiger partial charge in [-0.15, -0.1) is 9.81 Å². The second kappa shape index (κ2) is 15.8. The van der Waals surface area contributed by atoms with Gasteiger partial charge in [-0.25, -0.2) is 0 Å². The van der Waals surface area contributed by atoms with E-state index in [-0.39, 0.29) is 11.4 Å². The normalized spacial score (nSPS) is 10.9. The molecular formula is C46H28N10O2. The van der Waals surface area contributed by atoms with Crippen molar-refractivity contribution in [3.05, 3.63) is 181 Å². The monoisotopic (exact) mass is 752 g/mol. The number of hydrogen-bond acceptors (Lipinski definition) is 12. The van der Waals surface area contributed by atoms with Gasteiger partial charge in [0.2, 0.25) is 0 Å². The number of hydrogen-bond donors (Lipinski definition) is 0. The molecule has 0 amide bonds. The third-order valence-corrected chi connectivity index (χ3v) is 9.55. The van der Waals surface area contributed by atoms with E-state index in [1.807, 2.05) is 121 Å². The maximum Gasteiger partial charge on any atom is 0.125 e. The van der Waals surface area contributed by atoms with Gasteiger partial charge in [-0.3, -0.25) is 39.9 Å². The van der Waals surface area contributed by atoms with Crippen LogP contribution in [0.4, 0.5) is 11.4 Å². The Morgan fingerprint density at radius 2 is 0.517 bits per heavy atom. The summed E-state index contributed by atoms with van der Waals surface area (Å²) in [6, 6.07) is 36.8. The fourth-order valence-electron chi connectivity index (χ4n) is 6.86. The third kappa shape index (κ3) is 6.77. The molecule has 12 heteroatoms. The third-order valence-electron chi connectivity index (χ3n) is 9.55. The number of rotatable bonds is 10.